The van der Waals surface area contributed by atoms with Gasteiger partial charge < -0.3 is 20.4 Å². The molecule has 0 bridgehead atoms. The molecule has 0 unspecified atom stereocenters. The highest BCUT2D eigenvalue weighted by atomic mass is 16.3. The number of phenols is 4. The molecule has 0 aliphatic carbocycles. The van der Waals surface area contributed by atoms with Crippen LogP contribution >= 0.6 is 0 Å². The SMILES string of the molecule is CC(C)(c1cccc(O)c1O)c1cccc(O)c1O. The molecule has 100 valence electrons. The van der Waals surface area contributed by atoms with Gasteiger partial charge in [-0.3, -0.25) is 0 Å². The molecule has 2 rings (SSSR count). The summed E-state index contributed by atoms with van der Waals surface area (Å²) < 4.78 is 0. The number of aromatic hydroxyl groups is 4. The molecule has 0 aliphatic heterocycles. The molecule has 2 aromatic carbocycles. The minimum atomic E-state index is -0.772. The number of hydrogen-bond acceptors (Lipinski definition) is 4. The molecule has 0 aromatic heterocycles. The smallest absolute Gasteiger partial charge is 0.161 e. The number of benzene rings is 2. The average molecular weight is 260 g/mol. The van der Waals surface area contributed by atoms with Crippen molar-refractivity contribution in [2.45, 2.75) is 19.3 Å². The molecule has 0 fully saturated rings. The first-order valence-corrected chi connectivity index (χ1v) is 5.88. The molecule has 0 saturated carbocycles. The molecule has 0 aliphatic rings. The van der Waals surface area contributed by atoms with Gasteiger partial charge in [-0.15, -0.1) is 0 Å². The molecule has 0 saturated heterocycles. The van der Waals surface area contributed by atoms with E-state index in [0.29, 0.717) is 11.1 Å². The predicted molar refractivity (Wildman–Crippen MR) is 71.7 cm³/mol. The van der Waals surface area contributed by atoms with Crippen LogP contribution in [0.1, 0.15) is 25.0 Å². The van der Waals surface area contributed by atoms with Crippen LogP contribution < -0.4 is 0 Å². The van der Waals surface area contributed by atoms with E-state index in [4.69, 9.17) is 0 Å². The van der Waals surface area contributed by atoms with E-state index in [1.165, 1.54) is 12.1 Å². The summed E-state index contributed by atoms with van der Waals surface area (Å²) in [5.41, 5.74) is 0.160. The summed E-state index contributed by atoms with van der Waals surface area (Å²) in [6.07, 6.45) is 0. The maximum Gasteiger partial charge on any atom is 0.161 e. The van der Waals surface area contributed by atoms with Crippen LogP contribution in [0.5, 0.6) is 23.0 Å². The highest BCUT2D eigenvalue weighted by Crippen LogP contribution is 2.45. The molecular weight excluding hydrogens is 244 g/mol. The number of rotatable bonds is 2. The van der Waals surface area contributed by atoms with Crippen LogP contribution in [0.4, 0.5) is 0 Å². The monoisotopic (exact) mass is 260 g/mol. The summed E-state index contributed by atoms with van der Waals surface area (Å²) in [5.74, 6) is -0.888. The van der Waals surface area contributed by atoms with Gasteiger partial charge in [0, 0.05) is 16.5 Å². The fourth-order valence-corrected chi connectivity index (χ4v) is 2.22. The minimum absolute atomic E-state index is 0.217. The largest absolute Gasteiger partial charge is 0.504 e. The van der Waals surface area contributed by atoms with Crippen LogP contribution in [0.15, 0.2) is 36.4 Å². The first kappa shape index (κ1) is 13.1. The Bertz CT molecular complexity index is 564. The van der Waals surface area contributed by atoms with Crippen molar-refractivity contribution in [3.63, 3.8) is 0 Å². The molecule has 0 atom stereocenters. The van der Waals surface area contributed by atoms with Crippen molar-refractivity contribution in [3.8, 4) is 23.0 Å². The van der Waals surface area contributed by atoms with Gasteiger partial charge in [-0.2, -0.15) is 0 Å². The zero-order chi connectivity index (χ0) is 14.2. The van der Waals surface area contributed by atoms with Gasteiger partial charge >= 0.3 is 0 Å². The van der Waals surface area contributed by atoms with Crippen molar-refractivity contribution in [1.82, 2.24) is 0 Å². The summed E-state index contributed by atoms with van der Waals surface area (Å²) >= 11 is 0. The number of hydrogen-bond donors (Lipinski definition) is 4. The fourth-order valence-electron chi connectivity index (χ4n) is 2.22. The Labute approximate surface area is 111 Å². The lowest BCUT2D eigenvalue weighted by atomic mass is 9.77. The molecule has 19 heavy (non-hydrogen) atoms. The van der Waals surface area contributed by atoms with Gasteiger partial charge in [-0.25, -0.2) is 0 Å². The highest BCUT2D eigenvalue weighted by molar-refractivity contribution is 5.56. The van der Waals surface area contributed by atoms with Gasteiger partial charge in [0.15, 0.2) is 23.0 Å². The summed E-state index contributed by atoms with van der Waals surface area (Å²) in [7, 11) is 0. The Kier molecular flexibility index (Phi) is 3.02. The maximum absolute atomic E-state index is 9.96. The lowest BCUT2D eigenvalue weighted by molar-refractivity contribution is 0.380. The Balaban J connectivity index is 2.65. The van der Waals surface area contributed by atoms with Crippen LogP contribution in [0.25, 0.3) is 0 Å². The zero-order valence-electron chi connectivity index (χ0n) is 10.8. The average Bonchev–Trinajstić information content (AvgIpc) is 2.35. The van der Waals surface area contributed by atoms with Gasteiger partial charge in [0.25, 0.3) is 0 Å². The molecule has 2 aromatic rings. The molecule has 4 heteroatoms. The van der Waals surface area contributed by atoms with Gasteiger partial charge in [-0.1, -0.05) is 38.1 Å². The van der Waals surface area contributed by atoms with E-state index in [9.17, 15) is 20.4 Å². The van der Waals surface area contributed by atoms with Crippen LogP contribution in [-0.2, 0) is 5.41 Å². The molecule has 0 amide bonds. The number of phenolic OH excluding ortho intramolecular Hbond substituents is 4. The maximum atomic E-state index is 9.96. The Morgan fingerprint density at radius 3 is 1.42 bits per heavy atom. The third kappa shape index (κ3) is 2.05. The van der Waals surface area contributed by atoms with Crippen molar-refractivity contribution < 1.29 is 20.4 Å². The van der Waals surface area contributed by atoms with Crippen molar-refractivity contribution in [2.75, 3.05) is 0 Å². The lowest BCUT2D eigenvalue weighted by Gasteiger charge is -2.28. The quantitative estimate of drug-likeness (QED) is 0.626. The first-order chi connectivity index (χ1) is 8.85. The van der Waals surface area contributed by atoms with Gasteiger partial charge in [0.1, 0.15) is 0 Å². The van der Waals surface area contributed by atoms with Gasteiger partial charge in [-0.05, 0) is 12.1 Å². The molecule has 0 heterocycles. The second kappa shape index (κ2) is 4.39. The summed E-state index contributed by atoms with van der Waals surface area (Å²) in [6.45, 7) is 3.58. The van der Waals surface area contributed by atoms with E-state index < -0.39 is 5.41 Å². The second-order valence-corrected chi connectivity index (χ2v) is 4.97. The Morgan fingerprint density at radius 2 is 1.05 bits per heavy atom. The van der Waals surface area contributed by atoms with Crippen LogP contribution in [0, 0.1) is 0 Å². The first-order valence-electron chi connectivity index (χ1n) is 5.88. The molecule has 0 spiro atoms. The zero-order valence-corrected chi connectivity index (χ0v) is 10.8. The van der Waals surface area contributed by atoms with E-state index >= 15 is 0 Å². The summed E-state index contributed by atoms with van der Waals surface area (Å²) in [4.78, 5) is 0. The third-order valence-electron chi connectivity index (χ3n) is 3.38. The highest BCUT2D eigenvalue weighted by Gasteiger charge is 2.30. The van der Waals surface area contributed by atoms with E-state index in [0.717, 1.165) is 0 Å². The second-order valence-electron chi connectivity index (χ2n) is 4.97. The minimum Gasteiger partial charge on any atom is -0.504 e. The van der Waals surface area contributed by atoms with Crippen molar-refractivity contribution in [3.05, 3.63) is 47.5 Å². The van der Waals surface area contributed by atoms with Crippen molar-refractivity contribution >= 4 is 0 Å². The molecular formula is C15H16O4. The van der Waals surface area contributed by atoms with Gasteiger partial charge in [0.2, 0.25) is 0 Å². The third-order valence-corrected chi connectivity index (χ3v) is 3.38. The van der Waals surface area contributed by atoms with E-state index in [1.807, 2.05) is 0 Å². The van der Waals surface area contributed by atoms with Gasteiger partial charge in [0.05, 0.1) is 0 Å². The predicted octanol–water partition coefficient (Wildman–Crippen LogP) is 2.83. The summed E-state index contributed by atoms with van der Waals surface area (Å²) in [6, 6.07) is 9.34. The fraction of sp³-hybridized carbons (Fsp3) is 0.200. The Hall–Kier alpha value is -2.36. The topological polar surface area (TPSA) is 80.9 Å². The standard InChI is InChI=1S/C15H16O4/c1-15(2,9-5-3-7-11(16)13(9)18)10-6-4-8-12(17)14(10)19/h3-8,16-19H,1-2H3. The molecule has 4 N–H and O–H groups in total. The van der Waals surface area contributed by atoms with Crippen LogP contribution in [-0.4, -0.2) is 20.4 Å². The molecule has 4 nitrogen and oxygen atoms in total. The van der Waals surface area contributed by atoms with E-state index in [2.05, 4.69) is 0 Å². The van der Waals surface area contributed by atoms with Crippen molar-refractivity contribution in [2.24, 2.45) is 0 Å². The van der Waals surface area contributed by atoms with E-state index in [1.54, 1.807) is 38.1 Å². The Morgan fingerprint density at radius 1 is 0.684 bits per heavy atom. The van der Waals surface area contributed by atoms with Crippen LogP contribution in [0.2, 0.25) is 0 Å². The summed E-state index contributed by atoms with van der Waals surface area (Å²) in [5, 5.41) is 39.1. The van der Waals surface area contributed by atoms with Crippen LogP contribution in [0.3, 0.4) is 0 Å². The molecule has 0 radical (unpaired) electrons. The lowest BCUT2D eigenvalue weighted by Crippen LogP contribution is -2.19. The van der Waals surface area contributed by atoms with E-state index in [-0.39, 0.29) is 23.0 Å². The van der Waals surface area contributed by atoms with Crippen molar-refractivity contribution in [1.29, 1.82) is 0 Å². The number of para-hydroxylation sites is 2. The normalized spacial score (nSPS) is 11.5.